The summed E-state index contributed by atoms with van der Waals surface area (Å²) >= 11 is 0. The monoisotopic (exact) mass is 562 g/mol. The molecule has 0 unspecified atom stereocenters. The van der Waals surface area contributed by atoms with Gasteiger partial charge in [0.25, 0.3) is 0 Å². The molecule has 41 heavy (non-hydrogen) atoms. The number of benzene rings is 1. The van der Waals surface area contributed by atoms with E-state index in [2.05, 4.69) is 15.2 Å². The number of amides is 2. The highest BCUT2D eigenvalue weighted by Crippen LogP contribution is 2.42. The average Bonchev–Trinajstić information content (AvgIpc) is 3.54. The van der Waals surface area contributed by atoms with Crippen LogP contribution in [0.4, 0.5) is 20.3 Å². The Hall–Kier alpha value is -4.35. The van der Waals surface area contributed by atoms with E-state index in [1.54, 1.807) is 20.5 Å². The number of fused-ring (bicyclic) bond motifs is 1. The number of rotatable bonds is 4. The van der Waals surface area contributed by atoms with Crippen LogP contribution in [0.25, 0.3) is 28.0 Å². The molecule has 0 bridgehead atoms. The Bertz CT molecular complexity index is 1650. The fourth-order valence-electron chi connectivity index (χ4n) is 6.24. The van der Waals surface area contributed by atoms with Crippen LogP contribution in [0.1, 0.15) is 52.5 Å². The largest absolute Gasteiger partial charge is 0.382 e. The van der Waals surface area contributed by atoms with Crippen LogP contribution in [0.15, 0.2) is 48.9 Å². The van der Waals surface area contributed by atoms with Gasteiger partial charge in [-0.05, 0) is 51.0 Å². The van der Waals surface area contributed by atoms with Gasteiger partial charge in [0, 0.05) is 49.3 Å². The molecular formula is C29H32F2N8O2. The fraction of sp³-hybridized carbons (Fsp3) is 0.414. The lowest BCUT2D eigenvalue weighted by Gasteiger charge is -2.46. The number of halogens is 2. The lowest BCUT2D eigenvalue weighted by molar-refractivity contribution is -0.137. The molecule has 2 amide bonds. The van der Waals surface area contributed by atoms with Crippen molar-refractivity contribution in [1.82, 2.24) is 29.3 Å². The van der Waals surface area contributed by atoms with Gasteiger partial charge in [-0.2, -0.15) is 10.2 Å². The minimum absolute atomic E-state index is 0.0159. The molecular weight excluding hydrogens is 530 g/mol. The summed E-state index contributed by atoms with van der Waals surface area (Å²) in [5.74, 6) is -2.66. The first-order chi connectivity index (χ1) is 19.4. The van der Waals surface area contributed by atoms with Crippen molar-refractivity contribution in [3.63, 3.8) is 0 Å². The van der Waals surface area contributed by atoms with Crippen molar-refractivity contribution in [2.24, 2.45) is 0 Å². The van der Waals surface area contributed by atoms with Gasteiger partial charge in [-0.15, -0.1) is 0 Å². The van der Waals surface area contributed by atoms with Gasteiger partial charge in [0.1, 0.15) is 18.4 Å². The SMILES string of the molecule is CC(=O)N1CC(=O)N(c2cccc(-c3cc(-c4ccnn4C4CCC(F)(F)CC4)c4c(N)ncnn34)c2)C(C)(C)C1. The van der Waals surface area contributed by atoms with E-state index in [0.29, 0.717) is 30.6 Å². The third-order valence-electron chi connectivity index (χ3n) is 8.17. The van der Waals surface area contributed by atoms with Crippen LogP contribution in [-0.4, -0.2) is 65.6 Å². The normalized spacial score (nSPS) is 19.2. The second-order valence-corrected chi connectivity index (χ2v) is 11.6. The highest BCUT2D eigenvalue weighted by molar-refractivity contribution is 6.00. The molecule has 1 saturated carbocycles. The van der Waals surface area contributed by atoms with Crippen molar-refractivity contribution in [2.75, 3.05) is 23.7 Å². The summed E-state index contributed by atoms with van der Waals surface area (Å²) in [5, 5.41) is 9.01. The van der Waals surface area contributed by atoms with Crippen LogP contribution in [-0.2, 0) is 9.59 Å². The van der Waals surface area contributed by atoms with Crippen molar-refractivity contribution in [1.29, 1.82) is 0 Å². The molecule has 0 radical (unpaired) electrons. The Balaban J connectivity index is 1.42. The Labute approximate surface area is 235 Å². The van der Waals surface area contributed by atoms with Crippen LogP contribution in [0, 0.1) is 0 Å². The van der Waals surface area contributed by atoms with Gasteiger partial charge >= 0.3 is 0 Å². The minimum atomic E-state index is -2.64. The lowest BCUT2D eigenvalue weighted by atomic mass is 9.92. The van der Waals surface area contributed by atoms with E-state index < -0.39 is 11.5 Å². The lowest BCUT2D eigenvalue weighted by Crippen LogP contribution is -2.63. The van der Waals surface area contributed by atoms with Gasteiger partial charge in [-0.3, -0.25) is 14.3 Å². The first-order valence-corrected chi connectivity index (χ1v) is 13.7. The maximum atomic E-state index is 13.9. The summed E-state index contributed by atoms with van der Waals surface area (Å²) in [5.41, 5.74) is 10.0. The summed E-state index contributed by atoms with van der Waals surface area (Å²) in [6, 6.07) is 11.2. The van der Waals surface area contributed by atoms with Gasteiger partial charge in [0.15, 0.2) is 5.82 Å². The standard InChI is InChI=1S/C29H32F2N8O2/c1-18(40)36-15-25(41)37(28(2,3)16-36)21-6-4-5-19(13-21)24-14-22(26-27(32)33-17-35-39(24)26)23-9-12-34-38(23)20-7-10-29(30,31)11-8-20/h4-6,9,12-14,17,20H,7-8,10-11,15-16H2,1-3H3,(H2,32,33,35). The Morgan fingerprint density at radius 3 is 2.54 bits per heavy atom. The number of anilines is 2. The predicted octanol–water partition coefficient (Wildman–Crippen LogP) is 4.57. The molecule has 12 heteroatoms. The van der Waals surface area contributed by atoms with Crippen molar-refractivity contribution >= 4 is 28.8 Å². The van der Waals surface area contributed by atoms with E-state index in [-0.39, 0.29) is 43.1 Å². The molecule has 2 N–H and O–H groups in total. The maximum absolute atomic E-state index is 13.9. The first-order valence-electron chi connectivity index (χ1n) is 13.7. The second kappa shape index (κ2) is 9.64. The van der Waals surface area contributed by atoms with Crippen molar-refractivity contribution in [3.8, 4) is 22.5 Å². The van der Waals surface area contributed by atoms with Gasteiger partial charge in [-0.25, -0.2) is 18.3 Å². The number of alkyl halides is 2. The number of carbonyl (C=O) groups excluding carboxylic acids is 2. The molecule has 2 fully saturated rings. The Kier molecular flexibility index (Phi) is 6.31. The summed E-state index contributed by atoms with van der Waals surface area (Å²) < 4.78 is 31.3. The quantitative estimate of drug-likeness (QED) is 0.390. The van der Waals surface area contributed by atoms with Crippen LogP contribution in [0.3, 0.4) is 0 Å². The van der Waals surface area contributed by atoms with E-state index in [4.69, 9.17) is 5.73 Å². The third kappa shape index (κ3) is 4.70. The fourth-order valence-corrected chi connectivity index (χ4v) is 6.24. The van der Waals surface area contributed by atoms with Gasteiger partial charge in [0.2, 0.25) is 17.7 Å². The Morgan fingerprint density at radius 2 is 1.83 bits per heavy atom. The summed E-state index contributed by atoms with van der Waals surface area (Å²) in [7, 11) is 0. The number of carbonyl (C=O) groups is 2. The zero-order valence-electron chi connectivity index (χ0n) is 23.2. The van der Waals surface area contributed by atoms with E-state index >= 15 is 0 Å². The average molecular weight is 563 g/mol. The molecule has 0 spiro atoms. The van der Waals surface area contributed by atoms with Crippen molar-refractivity contribution in [3.05, 3.63) is 48.9 Å². The molecule has 4 heterocycles. The van der Waals surface area contributed by atoms with Gasteiger partial charge < -0.3 is 15.5 Å². The summed E-state index contributed by atoms with van der Waals surface area (Å²) in [4.78, 5) is 32.8. The molecule has 1 aliphatic carbocycles. The van der Waals surface area contributed by atoms with Crippen LogP contribution in [0.2, 0.25) is 0 Å². The summed E-state index contributed by atoms with van der Waals surface area (Å²) in [6.07, 6.45) is 3.36. The molecule has 4 aromatic rings. The number of nitrogens with zero attached hydrogens (tertiary/aromatic N) is 7. The smallest absolute Gasteiger partial charge is 0.248 e. The predicted molar refractivity (Wildman–Crippen MR) is 150 cm³/mol. The molecule has 1 saturated heterocycles. The van der Waals surface area contributed by atoms with E-state index in [9.17, 15) is 18.4 Å². The van der Waals surface area contributed by atoms with Crippen LogP contribution < -0.4 is 10.6 Å². The molecule has 3 aromatic heterocycles. The topological polar surface area (TPSA) is 115 Å². The number of hydrogen-bond acceptors (Lipinski definition) is 6. The molecule has 0 atom stereocenters. The molecule has 1 aromatic carbocycles. The van der Waals surface area contributed by atoms with E-state index in [0.717, 1.165) is 22.5 Å². The van der Waals surface area contributed by atoms with E-state index in [1.807, 2.05) is 54.9 Å². The highest BCUT2D eigenvalue weighted by Gasteiger charge is 2.40. The number of nitrogen functional groups attached to an aromatic ring is 1. The van der Waals surface area contributed by atoms with Crippen molar-refractivity contribution in [2.45, 2.75) is 64.0 Å². The van der Waals surface area contributed by atoms with Crippen molar-refractivity contribution < 1.29 is 18.4 Å². The highest BCUT2D eigenvalue weighted by atomic mass is 19.3. The third-order valence-corrected chi connectivity index (χ3v) is 8.17. The number of hydrogen-bond donors (Lipinski definition) is 1. The molecule has 10 nitrogen and oxygen atoms in total. The number of piperazine rings is 1. The summed E-state index contributed by atoms with van der Waals surface area (Å²) in [6.45, 7) is 5.78. The zero-order valence-corrected chi connectivity index (χ0v) is 23.2. The number of nitrogens with two attached hydrogens (primary N) is 1. The maximum Gasteiger partial charge on any atom is 0.248 e. The minimum Gasteiger partial charge on any atom is -0.382 e. The van der Waals surface area contributed by atoms with Gasteiger partial charge in [-0.1, -0.05) is 12.1 Å². The Morgan fingerprint density at radius 1 is 1.07 bits per heavy atom. The first kappa shape index (κ1) is 26.9. The molecule has 6 rings (SSSR count). The number of aromatic nitrogens is 5. The molecule has 214 valence electrons. The second-order valence-electron chi connectivity index (χ2n) is 11.6. The van der Waals surface area contributed by atoms with Crippen LogP contribution in [0.5, 0.6) is 0 Å². The zero-order chi connectivity index (χ0) is 29.1. The van der Waals surface area contributed by atoms with Gasteiger partial charge in [0.05, 0.1) is 23.0 Å². The molecule has 2 aliphatic rings. The van der Waals surface area contributed by atoms with E-state index in [1.165, 1.54) is 13.3 Å². The van der Waals surface area contributed by atoms with Crippen LogP contribution >= 0.6 is 0 Å². The molecule has 1 aliphatic heterocycles.